The minimum absolute atomic E-state index is 0.00553. The van der Waals surface area contributed by atoms with Crippen LogP contribution in [0.3, 0.4) is 0 Å². The number of primary sulfonamides is 1. The largest absolute Gasteiger partial charge is 0.457 e. The first-order chi connectivity index (χ1) is 9.36. The van der Waals surface area contributed by atoms with Gasteiger partial charge in [0.25, 0.3) is 0 Å². The lowest BCUT2D eigenvalue weighted by atomic mass is 10.4. The van der Waals surface area contributed by atoms with Crippen LogP contribution in [0.15, 0.2) is 20.0 Å². The molecule has 1 heterocycles. The van der Waals surface area contributed by atoms with Crippen LogP contribution >= 0.6 is 15.9 Å². The Morgan fingerprint density at radius 2 is 2.00 bits per heavy atom. The summed E-state index contributed by atoms with van der Waals surface area (Å²) in [6.07, 6.45) is 0. The summed E-state index contributed by atoms with van der Waals surface area (Å²) in [5, 5.41) is 4.94. The highest BCUT2D eigenvalue weighted by atomic mass is 79.9. The Labute approximate surface area is 124 Å². The second kappa shape index (κ2) is 7.74. The molecule has 0 aromatic carbocycles. The number of nitrogens with two attached hydrogens (primary N) is 1. The lowest BCUT2D eigenvalue weighted by molar-refractivity contribution is 0.0190. The summed E-state index contributed by atoms with van der Waals surface area (Å²) in [6, 6.07) is 0.994. The van der Waals surface area contributed by atoms with E-state index in [1.807, 2.05) is 0 Å². The third-order valence-corrected chi connectivity index (χ3v) is 3.82. The van der Waals surface area contributed by atoms with Crippen LogP contribution in [0.1, 0.15) is 10.6 Å². The maximum Gasteiger partial charge on any atom is 0.374 e. The van der Waals surface area contributed by atoms with E-state index < -0.39 is 16.0 Å². The fourth-order valence-corrected chi connectivity index (χ4v) is 2.66. The van der Waals surface area contributed by atoms with Crippen LogP contribution in [-0.4, -0.2) is 47.9 Å². The molecule has 0 amide bonds. The first kappa shape index (κ1) is 17.1. The Kier molecular flexibility index (Phi) is 6.62. The molecule has 0 unspecified atom stereocenters. The van der Waals surface area contributed by atoms with Gasteiger partial charge in [-0.3, -0.25) is 0 Å². The zero-order valence-electron chi connectivity index (χ0n) is 10.6. The zero-order valence-corrected chi connectivity index (χ0v) is 13.0. The van der Waals surface area contributed by atoms with Crippen molar-refractivity contribution in [3.63, 3.8) is 0 Å². The molecule has 0 spiro atoms. The second-order valence-corrected chi connectivity index (χ2v) is 5.78. The second-order valence-electron chi connectivity index (χ2n) is 3.53. The van der Waals surface area contributed by atoms with Gasteiger partial charge < -0.3 is 18.6 Å². The molecule has 20 heavy (non-hydrogen) atoms. The highest BCUT2D eigenvalue weighted by molar-refractivity contribution is 9.10. The number of sulfonamides is 1. The molecule has 8 nitrogen and oxygen atoms in total. The Balaban J connectivity index is 2.49. The number of ether oxygens (including phenoxy) is 3. The third kappa shape index (κ3) is 5.21. The molecule has 0 fully saturated rings. The summed E-state index contributed by atoms with van der Waals surface area (Å²) >= 11 is 2.86. The summed E-state index contributed by atoms with van der Waals surface area (Å²) in [6.45, 7) is 1.03. The monoisotopic (exact) mass is 371 g/mol. The molecule has 0 saturated carbocycles. The molecule has 1 rings (SSSR count). The predicted octanol–water partition coefficient (Wildman–Crippen LogP) is 0.509. The summed E-state index contributed by atoms with van der Waals surface area (Å²) in [5.41, 5.74) is 0. The van der Waals surface area contributed by atoms with Crippen molar-refractivity contribution < 1.29 is 31.8 Å². The van der Waals surface area contributed by atoms with Crippen molar-refractivity contribution in [2.24, 2.45) is 5.14 Å². The molecular formula is C10H14BrNO7S. The first-order valence-corrected chi connectivity index (χ1v) is 7.76. The maximum absolute atomic E-state index is 11.6. The van der Waals surface area contributed by atoms with Gasteiger partial charge in [0.15, 0.2) is 4.67 Å². The van der Waals surface area contributed by atoms with Crippen molar-refractivity contribution in [2.75, 3.05) is 33.5 Å². The molecular weight excluding hydrogens is 358 g/mol. The number of halogens is 1. The first-order valence-electron chi connectivity index (χ1n) is 5.42. The molecule has 0 radical (unpaired) electrons. The van der Waals surface area contributed by atoms with Gasteiger partial charge in [-0.2, -0.15) is 0 Å². The fraction of sp³-hybridized carbons (Fsp3) is 0.500. The Morgan fingerprint density at radius 3 is 2.55 bits per heavy atom. The van der Waals surface area contributed by atoms with E-state index in [0.717, 1.165) is 6.07 Å². The van der Waals surface area contributed by atoms with Gasteiger partial charge in [-0.05, 0) is 15.9 Å². The van der Waals surface area contributed by atoms with Crippen molar-refractivity contribution in [1.29, 1.82) is 0 Å². The molecule has 0 saturated heterocycles. The highest BCUT2D eigenvalue weighted by Gasteiger charge is 2.22. The molecule has 0 aliphatic carbocycles. The minimum atomic E-state index is -3.97. The van der Waals surface area contributed by atoms with E-state index in [9.17, 15) is 13.2 Å². The van der Waals surface area contributed by atoms with E-state index in [1.165, 1.54) is 0 Å². The van der Waals surface area contributed by atoms with Gasteiger partial charge in [0, 0.05) is 13.2 Å². The van der Waals surface area contributed by atoms with Gasteiger partial charge in [0.2, 0.25) is 15.8 Å². The van der Waals surface area contributed by atoms with Crippen molar-refractivity contribution >= 4 is 31.9 Å². The number of methoxy groups -OCH3 is 1. The number of carbonyl (C=O) groups excluding carboxylic acids is 1. The average molecular weight is 372 g/mol. The summed E-state index contributed by atoms with van der Waals surface area (Å²) < 4.78 is 41.8. The fourth-order valence-electron chi connectivity index (χ4n) is 1.16. The molecule has 0 aliphatic heterocycles. The SMILES string of the molecule is COCCOCCOC(=O)c1cc(S(N)(=O)=O)c(Br)o1. The summed E-state index contributed by atoms with van der Waals surface area (Å²) in [4.78, 5) is 11.3. The topological polar surface area (TPSA) is 118 Å². The normalized spacial score (nSPS) is 11.6. The number of furan rings is 1. The molecule has 1 aromatic heterocycles. The van der Waals surface area contributed by atoms with E-state index in [0.29, 0.717) is 13.2 Å². The number of rotatable bonds is 8. The van der Waals surface area contributed by atoms with Crippen LogP contribution in [0.5, 0.6) is 0 Å². The molecule has 0 atom stereocenters. The van der Waals surface area contributed by atoms with Crippen molar-refractivity contribution in [3.8, 4) is 0 Å². The number of carbonyl (C=O) groups is 1. The quantitative estimate of drug-likeness (QED) is 0.522. The number of hydrogen-bond donors (Lipinski definition) is 1. The van der Waals surface area contributed by atoms with Crippen LogP contribution in [0.2, 0.25) is 0 Å². The number of hydrogen-bond acceptors (Lipinski definition) is 7. The van der Waals surface area contributed by atoms with Crippen LogP contribution in [0.4, 0.5) is 0 Å². The van der Waals surface area contributed by atoms with Crippen LogP contribution in [0.25, 0.3) is 0 Å². The van der Waals surface area contributed by atoms with Gasteiger partial charge in [0.05, 0.1) is 19.8 Å². The molecule has 0 aliphatic rings. The molecule has 10 heteroatoms. The average Bonchev–Trinajstić information content (AvgIpc) is 2.75. The third-order valence-electron chi connectivity index (χ3n) is 2.06. The summed E-state index contributed by atoms with van der Waals surface area (Å²) in [5.74, 6) is -1.08. The van der Waals surface area contributed by atoms with Gasteiger partial charge in [-0.15, -0.1) is 0 Å². The Morgan fingerprint density at radius 1 is 1.35 bits per heavy atom. The highest BCUT2D eigenvalue weighted by Crippen LogP contribution is 2.25. The van der Waals surface area contributed by atoms with Gasteiger partial charge in [-0.25, -0.2) is 18.4 Å². The molecule has 114 valence electrons. The van der Waals surface area contributed by atoms with E-state index in [-0.39, 0.29) is 28.5 Å². The van der Waals surface area contributed by atoms with Gasteiger partial charge in [0.1, 0.15) is 11.5 Å². The van der Waals surface area contributed by atoms with Crippen molar-refractivity contribution in [1.82, 2.24) is 0 Å². The minimum Gasteiger partial charge on any atom is -0.457 e. The smallest absolute Gasteiger partial charge is 0.374 e. The zero-order chi connectivity index (χ0) is 15.2. The van der Waals surface area contributed by atoms with E-state index in [4.69, 9.17) is 23.8 Å². The predicted molar refractivity (Wildman–Crippen MR) is 70.8 cm³/mol. The van der Waals surface area contributed by atoms with Gasteiger partial charge in [-0.1, -0.05) is 0 Å². The van der Waals surface area contributed by atoms with Crippen LogP contribution < -0.4 is 5.14 Å². The van der Waals surface area contributed by atoms with Crippen LogP contribution in [0, 0.1) is 0 Å². The van der Waals surface area contributed by atoms with E-state index in [2.05, 4.69) is 15.9 Å². The lowest BCUT2D eigenvalue weighted by Gasteiger charge is -2.04. The van der Waals surface area contributed by atoms with Crippen LogP contribution in [-0.2, 0) is 24.2 Å². The number of esters is 1. The Bertz CT molecular complexity index is 554. The molecule has 1 aromatic rings. The maximum atomic E-state index is 11.6. The van der Waals surface area contributed by atoms with E-state index >= 15 is 0 Å². The van der Waals surface area contributed by atoms with Crippen molar-refractivity contribution in [3.05, 3.63) is 16.5 Å². The standard InChI is InChI=1S/C10H14BrNO7S/c1-16-2-3-17-4-5-18-10(13)7-6-8(9(11)19-7)20(12,14)15/h6H,2-5H2,1H3,(H2,12,14,15). The molecule has 2 N–H and O–H groups in total. The lowest BCUT2D eigenvalue weighted by Crippen LogP contribution is -2.13. The van der Waals surface area contributed by atoms with Crippen molar-refractivity contribution in [2.45, 2.75) is 4.90 Å². The van der Waals surface area contributed by atoms with Gasteiger partial charge >= 0.3 is 5.97 Å². The molecule has 0 bridgehead atoms. The summed E-state index contributed by atoms with van der Waals surface area (Å²) in [7, 11) is -2.43. The Hall–Kier alpha value is -0.940. The van der Waals surface area contributed by atoms with E-state index in [1.54, 1.807) is 7.11 Å².